The van der Waals surface area contributed by atoms with Crippen LogP contribution in [0.25, 0.3) is 0 Å². The molecule has 2 aromatic carbocycles. The Morgan fingerprint density at radius 3 is 2.55 bits per heavy atom. The fourth-order valence-electron chi connectivity index (χ4n) is 2.43. The number of para-hydroxylation sites is 1. The number of hydrogen-bond acceptors (Lipinski definition) is 6. The summed E-state index contributed by atoms with van der Waals surface area (Å²) in [5, 5.41) is 14.5. The van der Waals surface area contributed by atoms with Gasteiger partial charge >= 0.3 is 6.61 Å². The average molecular weight is 403 g/mol. The number of alkyl halides is 2. The van der Waals surface area contributed by atoms with E-state index in [1.54, 1.807) is 12.1 Å². The first-order valence-corrected chi connectivity index (χ1v) is 8.83. The molecule has 0 aliphatic heterocycles. The highest BCUT2D eigenvalue weighted by Crippen LogP contribution is 2.15. The van der Waals surface area contributed by atoms with E-state index in [9.17, 15) is 13.6 Å². The van der Waals surface area contributed by atoms with Crippen molar-refractivity contribution in [2.24, 2.45) is 0 Å². The number of ether oxygens (including phenoxy) is 2. The van der Waals surface area contributed by atoms with Gasteiger partial charge in [-0.05, 0) is 41.5 Å². The molecule has 0 fully saturated rings. The lowest BCUT2D eigenvalue weighted by Crippen LogP contribution is -2.30. The first kappa shape index (κ1) is 20.2. The topological polar surface area (TPSA) is 91.2 Å². The van der Waals surface area contributed by atoms with Crippen LogP contribution in [0.4, 0.5) is 8.78 Å². The fourth-order valence-corrected chi connectivity index (χ4v) is 2.43. The number of nitrogens with one attached hydrogen (secondary N) is 1. The minimum absolute atomic E-state index is 0.0699. The lowest BCUT2D eigenvalue weighted by atomic mass is 10.1. The van der Waals surface area contributed by atoms with E-state index in [0.717, 1.165) is 5.56 Å². The third-order valence-electron chi connectivity index (χ3n) is 3.77. The van der Waals surface area contributed by atoms with Crippen molar-refractivity contribution < 1.29 is 23.0 Å². The Hall–Kier alpha value is -3.56. The second-order valence-electron chi connectivity index (χ2n) is 5.96. The Bertz CT molecular complexity index is 904. The van der Waals surface area contributed by atoms with Crippen LogP contribution in [0.3, 0.4) is 0 Å². The SMILES string of the molecule is O=C(Cn1nnc(COc2ccccc2)n1)NCCc1ccc(OC(F)F)cc1. The lowest BCUT2D eigenvalue weighted by molar-refractivity contribution is -0.122. The minimum Gasteiger partial charge on any atom is -0.485 e. The summed E-state index contributed by atoms with van der Waals surface area (Å²) in [5.41, 5.74) is 0.881. The van der Waals surface area contributed by atoms with E-state index < -0.39 is 6.61 Å². The van der Waals surface area contributed by atoms with E-state index in [4.69, 9.17) is 4.74 Å². The predicted molar refractivity (Wildman–Crippen MR) is 98.4 cm³/mol. The van der Waals surface area contributed by atoms with Gasteiger partial charge in [0.05, 0.1) is 0 Å². The number of tetrazole rings is 1. The van der Waals surface area contributed by atoms with E-state index in [2.05, 4.69) is 25.5 Å². The monoisotopic (exact) mass is 403 g/mol. The summed E-state index contributed by atoms with van der Waals surface area (Å²) in [6.45, 7) is -2.39. The number of carbonyl (C=O) groups is 1. The van der Waals surface area contributed by atoms with E-state index in [1.807, 2.05) is 30.3 Å². The fraction of sp³-hybridized carbons (Fsp3) is 0.263. The molecule has 1 amide bonds. The van der Waals surface area contributed by atoms with E-state index in [1.165, 1.54) is 16.9 Å². The zero-order valence-electron chi connectivity index (χ0n) is 15.4. The molecule has 1 aromatic heterocycles. The Morgan fingerprint density at radius 2 is 1.83 bits per heavy atom. The molecule has 152 valence electrons. The first-order chi connectivity index (χ1) is 14.1. The van der Waals surface area contributed by atoms with Gasteiger partial charge in [-0.15, -0.1) is 10.2 Å². The zero-order valence-corrected chi connectivity index (χ0v) is 15.4. The number of amides is 1. The predicted octanol–water partition coefficient (Wildman–Crippen LogP) is 2.21. The number of halogens is 2. The molecule has 1 heterocycles. The molecule has 8 nitrogen and oxygen atoms in total. The largest absolute Gasteiger partial charge is 0.485 e. The molecule has 0 bridgehead atoms. The standard InChI is InChI=1S/C19H19F2N5O3/c20-19(21)29-16-8-6-14(7-9-16)10-11-22-18(27)12-26-24-17(23-25-26)13-28-15-4-2-1-3-5-15/h1-9,19H,10-13H2,(H,22,27). The van der Waals surface area contributed by atoms with Gasteiger partial charge in [-0.2, -0.15) is 13.6 Å². The number of aromatic nitrogens is 4. The van der Waals surface area contributed by atoms with Gasteiger partial charge < -0.3 is 14.8 Å². The maximum atomic E-state index is 12.1. The van der Waals surface area contributed by atoms with E-state index in [-0.39, 0.29) is 24.8 Å². The molecule has 0 spiro atoms. The Balaban J connectivity index is 1.38. The van der Waals surface area contributed by atoms with Crippen LogP contribution in [0, 0.1) is 0 Å². The third kappa shape index (κ3) is 6.83. The van der Waals surface area contributed by atoms with Crippen LogP contribution < -0.4 is 14.8 Å². The van der Waals surface area contributed by atoms with Crippen molar-refractivity contribution in [3.63, 3.8) is 0 Å². The van der Waals surface area contributed by atoms with Crippen LogP contribution in [-0.2, 0) is 24.4 Å². The molecule has 1 N–H and O–H groups in total. The highest BCUT2D eigenvalue weighted by molar-refractivity contribution is 5.75. The molecule has 10 heteroatoms. The lowest BCUT2D eigenvalue weighted by Gasteiger charge is -2.07. The first-order valence-electron chi connectivity index (χ1n) is 8.83. The Morgan fingerprint density at radius 1 is 1.07 bits per heavy atom. The summed E-state index contributed by atoms with van der Waals surface area (Å²) in [7, 11) is 0. The molecule has 0 saturated heterocycles. The number of nitrogens with zero attached hydrogens (tertiary/aromatic N) is 4. The highest BCUT2D eigenvalue weighted by atomic mass is 19.3. The molecule has 0 saturated carbocycles. The molecular formula is C19H19F2N5O3. The third-order valence-corrected chi connectivity index (χ3v) is 3.77. The smallest absolute Gasteiger partial charge is 0.387 e. The highest BCUT2D eigenvalue weighted by Gasteiger charge is 2.08. The van der Waals surface area contributed by atoms with Gasteiger partial charge in [-0.3, -0.25) is 4.79 Å². The summed E-state index contributed by atoms with van der Waals surface area (Å²) in [5.74, 6) is 0.885. The summed E-state index contributed by atoms with van der Waals surface area (Å²) in [6.07, 6.45) is 0.543. The Labute approximate surface area is 165 Å². The van der Waals surface area contributed by atoms with Crippen molar-refractivity contribution in [3.8, 4) is 11.5 Å². The molecule has 0 aliphatic carbocycles. The molecule has 29 heavy (non-hydrogen) atoms. The van der Waals surface area contributed by atoms with Crippen LogP contribution >= 0.6 is 0 Å². The molecule has 0 radical (unpaired) electrons. The zero-order chi connectivity index (χ0) is 20.5. The van der Waals surface area contributed by atoms with Gasteiger partial charge in [-0.25, -0.2) is 0 Å². The number of benzene rings is 2. The van der Waals surface area contributed by atoms with Crippen LogP contribution in [0.5, 0.6) is 11.5 Å². The van der Waals surface area contributed by atoms with Gasteiger partial charge in [0.2, 0.25) is 11.7 Å². The average Bonchev–Trinajstić information content (AvgIpc) is 3.15. The second kappa shape index (κ2) is 10.1. The quantitative estimate of drug-likeness (QED) is 0.558. The van der Waals surface area contributed by atoms with Crippen LogP contribution in [0.2, 0.25) is 0 Å². The van der Waals surface area contributed by atoms with Gasteiger partial charge in [0.25, 0.3) is 0 Å². The summed E-state index contributed by atoms with van der Waals surface area (Å²) >= 11 is 0. The molecule has 0 aliphatic rings. The minimum atomic E-state index is -2.85. The van der Waals surface area contributed by atoms with Gasteiger partial charge in [-0.1, -0.05) is 30.3 Å². The van der Waals surface area contributed by atoms with Crippen LogP contribution in [0.15, 0.2) is 54.6 Å². The molecule has 0 atom stereocenters. The summed E-state index contributed by atoms with van der Waals surface area (Å²) in [4.78, 5) is 13.2. The number of rotatable bonds is 10. The number of hydrogen-bond donors (Lipinski definition) is 1. The van der Waals surface area contributed by atoms with Gasteiger partial charge in [0, 0.05) is 6.54 Å². The number of carbonyl (C=O) groups excluding carboxylic acids is 1. The van der Waals surface area contributed by atoms with Crippen molar-refractivity contribution >= 4 is 5.91 Å². The van der Waals surface area contributed by atoms with Crippen molar-refractivity contribution in [1.29, 1.82) is 0 Å². The van der Waals surface area contributed by atoms with E-state index in [0.29, 0.717) is 24.5 Å². The van der Waals surface area contributed by atoms with Crippen LogP contribution in [-0.4, -0.2) is 39.3 Å². The normalized spacial score (nSPS) is 10.7. The van der Waals surface area contributed by atoms with Gasteiger partial charge in [0.15, 0.2) is 6.61 Å². The van der Waals surface area contributed by atoms with Crippen molar-refractivity contribution in [2.45, 2.75) is 26.2 Å². The molecular weight excluding hydrogens is 384 g/mol. The second-order valence-corrected chi connectivity index (χ2v) is 5.96. The van der Waals surface area contributed by atoms with Crippen LogP contribution in [0.1, 0.15) is 11.4 Å². The van der Waals surface area contributed by atoms with Crippen molar-refractivity contribution in [3.05, 3.63) is 66.0 Å². The van der Waals surface area contributed by atoms with E-state index >= 15 is 0 Å². The van der Waals surface area contributed by atoms with Gasteiger partial charge in [0.1, 0.15) is 18.0 Å². The summed E-state index contributed by atoms with van der Waals surface area (Å²) < 4.78 is 34.1. The summed E-state index contributed by atoms with van der Waals surface area (Å²) in [6, 6.07) is 15.5. The Kier molecular flexibility index (Phi) is 7.04. The molecule has 3 rings (SSSR count). The maximum absolute atomic E-state index is 12.1. The van der Waals surface area contributed by atoms with Crippen molar-refractivity contribution in [1.82, 2.24) is 25.5 Å². The molecule has 0 unspecified atom stereocenters. The van der Waals surface area contributed by atoms with Crippen molar-refractivity contribution in [2.75, 3.05) is 6.54 Å². The maximum Gasteiger partial charge on any atom is 0.387 e. The molecule has 3 aromatic rings.